The van der Waals surface area contributed by atoms with Crippen molar-refractivity contribution in [1.29, 1.82) is 0 Å². The van der Waals surface area contributed by atoms with Crippen molar-refractivity contribution in [1.82, 2.24) is 14.9 Å². The summed E-state index contributed by atoms with van der Waals surface area (Å²) in [7, 11) is 0. The van der Waals surface area contributed by atoms with Crippen LogP contribution in [0.5, 0.6) is 0 Å². The van der Waals surface area contributed by atoms with Crippen molar-refractivity contribution in [2.45, 2.75) is 5.16 Å². The van der Waals surface area contributed by atoms with Crippen LogP contribution >= 0.6 is 11.8 Å². The van der Waals surface area contributed by atoms with Crippen molar-refractivity contribution in [3.63, 3.8) is 0 Å². The largest absolute Gasteiger partial charge is 0.334 e. The zero-order valence-electron chi connectivity index (χ0n) is 15.2. The Morgan fingerprint density at radius 3 is 2.80 bits per heavy atom. The Kier molecular flexibility index (Phi) is 6.54. The van der Waals surface area contributed by atoms with E-state index in [1.165, 1.54) is 48.7 Å². The number of nitro benzene ring substituents is 1. The highest BCUT2D eigenvalue weighted by Gasteiger charge is 2.12. The molecular weight excluding hydrogens is 415 g/mol. The summed E-state index contributed by atoms with van der Waals surface area (Å²) in [6.45, 7) is 0. The van der Waals surface area contributed by atoms with Crippen molar-refractivity contribution >= 4 is 41.2 Å². The van der Waals surface area contributed by atoms with E-state index in [0.717, 1.165) is 16.4 Å². The van der Waals surface area contributed by atoms with Crippen LogP contribution in [0.1, 0.15) is 5.56 Å². The molecule has 0 aliphatic carbocycles. The molecule has 30 heavy (non-hydrogen) atoms. The first-order chi connectivity index (χ1) is 14.4. The lowest BCUT2D eigenvalue weighted by molar-refractivity contribution is -0.384. The number of anilines is 2. The number of hydrogen-bond acceptors (Lipinski definition) is 9. The molecule has 0 bridgehead atoms. The third-order valence-electron chi connectivity index (χ3n) is 3.58. The summed E-state index contributed by atoms with van der Waals surface area (Å²) in [5.41, 5.74) is 3.49. The van der Waals surface area contributed by atoms with Gasteiger partial charge < -0.3 is 11.2 Å². The van der Waals surface area contributed by atoms with Crippen molar-refractivity contribution in [3.8, 4) is 0 Å². The van der Waals surface area contributed by atoms with E-state index in [9.17, 15) is 19.3 Å². The van der Waals surface area contributed by atoms with E-state index >= 15 is 0 Å². The van der Waals surface area contributed by atoms with Crippen LogP contribution in [0.2, 0.25) is 0 Å². The SMILES string of the molecule is Nn1c(N/N=C/c2cccc([N+](=O)[O-])c2)nnc1SCC(=O)Nc1ccc(F)cc1. The van der Waals surface area contributed by atoms with Gasteiger partial charge in [-0.3, -0.25) is 14.9 Å². The number of nitrogen functional groups attached to an aromatic ring is 1. The second-order valence-electron chi connectivity index (χ2n) is 5.74. The van der Waals surface area contributed by atoms with Crippen LogP contribution in [0.3, 0.4) is 0 Å². The molecule has 0 atom stereocenters. The van der Waals surface area contributed by atoms with Crippen LogP contribution in [0, 0.1) is 15.9 Å². The maximum atomic E-state index is 12.9. The average molecular weight is 430 g/mol. The lowest BCUT2D eigenvalue weighted by Crippen LogP contribution is -2.16. The summed E-state index contributed by atoms with van der Waals surface area (Å²) in [5.74, 6) is 5.26. The van der Waals surface area contributed by atoms with E-state index in [1.807, 2.05) is 0 Å². The predicted molar refractivity (Wildman–Crippen MR) is 110 cm³/mol. The summed E-state index contributed by atoms with van der Waals surface area (Å²) in [6.07, 6.45) is 1.37. The minimum atomic E-state index is -0.503. The van der Waals surface area contributed by atoms with E-state index in [0.29, 0.717) is 11.3 Å². The molecule has 4 N–H and O–H groups in total. The maximum absolute atomic E-state index is 12.9. The summed E-state index contributed by atoms with van der Waals surface area (Å²) in [6, 6.07) is 11.3. The summed E-state index contributed by atoms with van der Waals surface area (Å²) < 4.78 is 14.0. The van der Waals surface area contributed by atoms with Gasteiger partial charge in [-0.05, 0) is 24.3 Å². The Hall–Kier alpha value is -4.00. The number of carbonyl (C=O) groups is 1. The molecule has 0 spiro atoms. The quantitative estimate of drug-likeness (QED) is 0.162. The third kappa shape index (κ3) is 5.51. The van der Waals surface area contributed by atoms with E-state index in [2.05, 4.69) is 26.0 Å². The molecule has 0 saturated carbocycles. The molecule has 3 aromatic rings. The number of nitrogens with zero attached hydrogens (tertiary/aromatic N) is 5. The number of nitrogens with one attached hydrogen (secondary N) is 2. The highest BCUT2D eigenvalue weighted by Crippen LogP contribution is 2.17. The highest BCUT2D eigenvalue weighted by molar-refractivity contribution is 7.99. The average Bonchev–Trinajstić information content (AvgIpc) is 3.08. The fourth-order valence-corrected chi connectivity index (χ4v) is 2.85. The Bertz CT molecular complexity index is 1090. The zero-order chi connectivity index (χ0) is 21.5. The Morgan fingerprint density at radius 1 is 1.30 bits per heavy atom. The van der Waals surface area contributed by atoms with Gasteiger partial charge in [-0.2, -0.15) is 5.10 Å². The van der Waals surface area contributed by atoms with Gasteiger partial charge in [0, 0.05) is 23.4 Å². The van der Waals surface area contributed by atoms with Crippen LogP contribution in [-0.2, 0) is 4.79 Å². The first kappa shape index (κ1) is 20.7. The lowest BCUT2D eigenvalue weighted by atomic mass is 10.2. The molecule has 0 fully saturated rings. The molecule has 0 aliphatic heterocycles. The van der Waals surface area contributed by atoms with Crippen LogP contribution in [0.4, 0.5) is 21.7 Å². The number of hydrazone groups is 1. The highest BCUT2D eigenvalue weighted by atomic mass is 32.2. The first-order valence-electron chi connectivity index (χ1n) is 8.34. The zero-order valence-corrected chi connectivity index (χ0v) is 16.0. The van der Waals surface area contributed by atoms with E-state index in [-0.39, 0.29) is 28.5 Å². The molecule has 154 valence electrons. The molecule has 2 aromatic carbocycles. The molecule has 13 heteroatoms. The third-order valence-corrected chi connectivity index (χ3v) is 4.53. The van der Waals surface area contributed by atoms with Gasteiger partial charge in [0.25, 0.3) is 11.6 Å². The summed E-state index contributed by atoms with van der Waals surface area (Å²) >= 11 is 1.04. The van der Waals surface area contributed by atoms with Gasteiger partial charge in [-0.25, -0.2) is 14.5 Å². The second-order valence-corrected chi connectivity index (χ2v) is 6.68. The molecule has 1 aromatic heterocycles. The normalized spacial score (nSPS) is 10.8. The topological polar surface area (TPSA) is 153 Å². The summed E-state index contributed by atoms with van der Waals surface area (Å²) in [4.78, 5) is 22.3. The van der Waals surface area contributed by atoms with Crippen LogP contribution in [0.15, 0.2) is 58.8 Å². The maximum Gasteiger partial charge on any atom is 0.270 e. The fraction of sp³-hybridized carbons (Fsp3) is 0.0588. The predicted octanol–water partition coefficient (Wildman–Crippen LogP) is 2.22. The number of aromatic nitrogens is 3. The van der Waals surface area contributed by atoms with Gasteiger partial charge in [0.05, 0.1) is 16.9 Å². The van der Waals surface area contributed by atoms with Crippen molar-refractivity contribution in [2.75, 3.05) is 22.3 Å². The number of non-ortho nitro benzene ring substituents is 1. The Balaban J connectivity index is 1.54. The van der Waals surface area contributed by atoms with Crippen LogP contribution in [-0.4, -0.2) is 37.7 Å². The van der Waals surface area contributed by atoms with Crippen molar-refractivity contribution in [2.24, 2.45) is 5.10 Å². The molecule has 0 aliphatic rings. The van der Waals surface area contributed by atoms with E-state index in [1.54, 1.807) is 6.07 Å². The van der Waals surface area contributed by atoms with Gasteiger partial charge in [-0.1, -0.05) is 23.9 Å². The molecule has 0 saturated heterocycles. The fourth-order valence-electron chi connectivity index (χ4n) is 2.20. The number of nitro groups is 1. The number of amides is 1. The summed E-state index contributed by atoms with van der Waals surface area (Å²) in [5, 5.41) is 25.3. The molecule has 1 amide bonds. The smallest absolute Gasteiger partial charge is 0.270 e. The number of hydrogen-bond donors (Lipinski definition) is 3. The standard InChI is InChI=1S/C17H15FN8O3S/c18-12-4-6-13(7-5-12)21-15(27)10-30-17-24-23-16(25(17)19)22-20-9-11-2-1-3-14(8-11)26(28)29/h1-9H,10,19H2,(H,21,27)(H,22,23)/b20-9+. The first-order valence-corrected chi connectivity index (χ1v) is 9.33. The molecule has 1 heterocycles. The van der Waals surface area contributed by atoms with Crippen LogP contribution < -0.4 is 16.6 Å². The molecule has 0 radical (unpaired) electrons. The number of rotatable bonds is 8. The number of nitrogens with two attached hydrogens (primary N) is 1. The van der Waals surface area contributed by atoms with Crippen molar-refractivity contribution in [3.05, 3.63) is 70.0 Å². The molecule has 3 rings (SSSR count). The molecule has 0 unspecified atom stereocenters. The lowest BCUT2D eigenvalue weighted by Gasteiger charge is -2.05. The minimum Gasteiger partial charge on any atom is -0.334 e. The number of carbonyl (C=O) groups excluding carboxylic acids is 1. The van der Waals surface area contributed by atoms with Gasteiger partial charge in [0.15, 0.2) is 0 Å². The number of benzene rings is 2. The Labute approximate surface area is 173 Å². The van der Waals surface area contributed by atoms with E-state index in [4.69, 9.17) is 5.84 Å². The van der Waals surface area contributed by atoms with Gasteiger partial charge >= 0.3 is 0 Å². The van der Waals surface area contributed by atoms with Gasteiger partial charge in [0.2, 0.25) is 11.1 Å². The van der Waals surface area contributed by atoms with Gasteiger partial charge in [0.1, 0.15) is 5.82 Å². The second kappa shape index (κ2) is 9.47. The van der Waals surface area contributed by atoms with Crippen molar-refractivity contribution < 1.29 is 14.1 Å². The number of halogens is 1. The molecule has 11 nitrogen and oxygen atoms in total. The van der Waals surface area contributed by atoms with E-state index < -0.39 is 10.7 Å². The van der Waals surface area contributed by atoms with Crippen LogP contribution in [0.25, 0.3) is 0 Å². The molecular formula is C17H15FN8O3S. The van der Waals surface area contributed by atoms with Gasteiger partial charge in [-0.15, -0.1) is 10.2 Å². The minimum absolute atomic E-state index is 0.00363. The number of thioether (sulfide) groups is 1. The Morgan fingerprint density at radius 2 is 2.07 bits per heavy atom. The monoisotopic (exact) mass is 430 g/mol.